The Bertz CT molecular complexity index is 624. The Balaban J connectivity index is 1.67. The minimum Gasteiger partial charge on any atom is -0.346 e. The monoisotopic (exact) mass is 373 g/mol. The van der Waals surface area contributed by atoms with Crippen molar-refractivity contribution in [1.82, 2.24) is 25.1 Å². The van der Waals surface area contributed by atoms with Gasteiger partial charge in [-0.25, -0.2) is 4.98 Å². The van der Waals surface area contributed by atoms with E-state index < -0.39 is 18.6 Å². The third-order valence-corrected chi connectivity index (χ3v) is 5.51. The van der Waals surface area contributed by atoms with Crippen molar-refractivity contribution in [2.24, 2.45) is 5.41 Å². The summed E-state index contributed by atoms with van der Waals surface area (Å²) in [4.78, 5) is 18.5. The van der Waals surface area contributed by atoms with Gasteiger partial charge in [-0.1, -0.05) is 0 Å². The standard InChI is InChI=1S/C17H26F3N5O/c1-2-24-8-7-22-14(24)10-25(11-15(26)23-12-17(18,19)20)13-9-16(13)3-5-21-6-4-16/h7-8,13,21H,2-6,9-12H2,1H3,(H,23,26)/t13-/m0/s1. The van der Waals surface area contributed by atoms with Crippen LogP contribution in [0, 0.1) is 5.41 Å². The van der Waals surface area contributed by atoms with Crippen LogP contribution in [0.4, 0.5) is 13.2 Å². The van der Waals surface area contributed by atoms with Crippen LogP contribution in [0.5, 0.6) is 0 Å². The van der Waals surface area contributed by atoms with Crippen molar-refractivity contribution in [3.63, 3.8) is 0 Å². The molecule has 1 spiro atoms. The minimum atomic E-state index is -4.39. The molecule has 2 aliphatic rings. The molecule has 0 radical (unpaired) electrons. The van der Waals surface area contributed by atoms with Gasteiger partial charge in [0.25, 0.3) is 0 Å². The van der Waals surface area contributed by atoms with Crippen molar-refractivity contribution >= 4 is 5.91 Å². The lowest BCUT2D eigenvalue weighted by atomic mass is 9.93. The van der Waals surface area contributed by atoms with E-state index in [0.29, 0.717) is 6.54 Å². The number of imidazole rings is 1. The van der Waals surface area contributed by atoms with Crippen molar-refractivity contribution in [2.75, 3.05) is 26.2 Å². The van der Waals surface area contributed by atoms with E-state index in [4.69, 9.17) is 0 Å². The first-order chi connectivity index (χ1) is 12.3. The number of halogens is 3. The van der Waals surface area contributed by atoms with Gasteiger partial charge in [-0.3, -0.25) is 9.69 Å². The van der Waals surface area contributed by atoms with Crippen molar-refractivity contribution in [1.29, 1.82) is 0 Å². The smallest absolute Gasteiger partial charge is 0.346 e. The number of nitrogens with one attached hydrogen (secondary N) is 2. The Labute approximate surface area is 151 Å². The Morgan fingerprint density at radius 1 is 1.46 bits per heavy atom. The highest BCUT2D eigenvalue weighted by molar-refractivity contribution is 5.78. The van der Waals surface area contributed by atoms with Gasteiger partial charge in [0.15, 0.2) is 0 Å². The molecule has 9 heteroatoms. The van der Waals surface area contributed by atoms with E-state index >= 15 is 0 Å². The number of aryl methyl sites for hydroxylation is 1. The zero-order valence-corrected chi connectivity index (χ0v) is 15.0. The van der Waals surface area contributed by atoms with Crippen molar-refractivity contribution in [3.8, 4) is 0 Å². The molecule has 2 N–H and O–H groups in total. The van der Waals surface area contributed by atoms with Crippen LogP contribution in [0.15, 0.2) is 12.4 Å². The number of hydrogen-bond donors (Lipinski definition) is 2. The SMILES string of the molecule is CCn1ccnc1CN(CC(=O)NCC(F)(F)F)[C@H]1CC12CCNCC2. The first-order valence-electron chi connectivity index (χ1n) is 9.11. The maximum Gasteiger partial charge on any atom is 0.405 e. The molecule has 0 unspecified atom stereocenters. The molecule has 1 saturated carbocycles. The molecule has 1 aliphatic heterocycles. The van der Waals surface area contributed by atoms with E-state index in [1.807, 2.05) is 27.9 Å². The van der Waals surface area contributed by atoms with E-state index in [2.05, 4.69) is 10.3 Å². The van der Waals surface area contributed by atoms with Gasteiger partial charge in [-0.15, -0.1) is 0 Å². The van der Waals surface area contributed by atoms with E-state index in [0.717, 1.165) is 44.7 Å². The number of amides is 1. The fourth-order valence-corrected chi connectivity index (χ4v) is 3.98. The number of piperidine rings is 1. The van der Waals surface area contributed by atoms with Gasteiger partial charge in [-0.05, 0) is 44.7 Å². The van der Waals surface area contributed by atoms with Crippen molar-refractivity contribution < 1.29 is 18.0 Å². The van der Waals surface area contributed by atoms with Gasteiger partial charge < -0.3 is 15.2 Å². The molecule has 0 bridgehead atoms. The molecule has 1 saturated heterocycles. The highest BCUT2D eigenvalue weighted by Crippen LogP contribution is 2.55. The Morgan fingerprint density at radius 2 is 2.19 bits per heavy atom. The van der Waals surface area contributed by atoms with Gasteiger partial charge in [-0.2, -0.15) is 13.2 Å². The molecule has 2 heterocycles. The number of hydrogen-bond acceptors (Lipinski definition) is 4. The lowest BCUT2D eigenvalue weighted by Gasteiger charge is -2.29. The minimum absolute atomic E-state index is 0.0352. The normalized spacial score (nSPS) is 22.0. The fourth-order valence-electron chi connectivity index (χ4n) is 3.98. The van der Waals surface area contributed by atoms with Gasteiger partial charge in [0.2, 0.25) is 5.91 Å². The summed E-state index contributed by atoms with van der Waals surface area (Å²) in [5.41, 5.74) is 0.194. The Morgan fingerprint density at radius 3 is 2.85 bits per heavy atom. The molecule has 2 fully saturated rings. The van der Waals surface area contributed by atoms with E-state index in [9.17, 15) is 18.0 Å². The lowest BCUT2D eigenvalue weighted by molar-refractivity contribution is -0.139. The summed E-state index contributed by atoms with van der Waals surface area (Å²) >= 11 is 0. The van der Waals surface area contributed by atoms with E-state index in [1.54, 1.807) is 6.20 Å². The number of carbonyl (C=O) groups is 1. The molecular weight excluding hydrogens is 347 g/mol. The predicted octanol–water partition coefficient (Wildman–Crippen LogP) is 1.53. The second-order valence-corrected chi connectivity index (χ2v) is 7.26. The van der Waals surface area contributed by atoms with Gasteiger partial charge in [0, 0.05) is 25.0 Å². The van der Waals surface area contributed by atoms with Crippen molar-refractivity contribution in [2.45, 2.75) is 51.5 Å². The number of nitrogens with zero attached hydrogens (tertiary/aromatic N) is 3. The van der Waals surface area contributed by atoms with Crippen LogP contribution in [-0.2, 0) is 17.9 Å². The van der Waals surface area contributed by atoms with Gasteiger partial charge in [0.1, 0.15) is 12.4 Å². The summed E-state index contributed by atoms with van der Waals surface area (Å²) < 4.78 is 39.1. The molecule has 1 aromatic heterocycles. The topological polar surface area (TPSA) is 62.2 Å². The lowest BCUT2D eigenvalue weighted by Crippen LogP contribution is -2.44. The summed E-state index contributed by atoms with van der Waals surface area (Å²) in [5, 5.41) is 5.33. The summed E-state index contributed by atoms with van der Waals surface area (Å²) in [7, 11) is 0. The van der Waals surface area contributed by atoms with Crippen LogP contribution in [0.2, 0.25) is 0 Å². The molecule has 3 rings (SSSR count). The number of aromatic nitrogens is 2. The molecule has 6 nitrogen and oxygen atoms in total. The first-order valence-corrected chi connectivity index (χ1v) is 9.11. The molecule has 26 heavy (non-hydrogen) atoms. The average Bonchev–Trinajstić information content (AvgIpc) is 3.08. The summed E-state index contributed by atoms with van der Waals surface area (Å²) in [5.74, 6) is 0.250. The van der Waals surface area contributed by atoms with Crippen LogP contribution in [0.25, 0.3) is 0 Å². The number of carbonyl (C=O) groups excluding carboxylic acids is 1. The second-order valence-electron chi connectivity index (χ2n) is 7.26. The van der Waals surface area contributed by atoms with Gasteiger partial charge in [0.05, 0.1) is 13.1 Å². The van der Waals surface area contributed by atoms with Crippen LogP contribution >= 0.6 is 0 Å². The summed E-state index contributed by atoms with van der Waals surface area (Å²) in [6, 6.07) is 0.225. The molecule has 1 aliphatic carbocycles. The molecule has 1 aromatic rings. The predicted molar refractivity (Wildman–Crippen MR) is 90.3 cm³/mol. The van der Waals surface area contributed by atoms with Crippen LogP contribution in [0.3, 0.4) is 0 Å². The quantitative estimate of drug-likeness (QED) is 0.761. The molecule has 146 valence electrons. The number of rotatable bonds is 7. The highest BCUT2D eigenvalue weighted by atomic mass is 19.4. The summed E-state index contributed by atoms with van der Waals surface area (Å²) in [6.07, 6.45) is 2.28. The zero-order valence-electron chi connectivity index (χ0n) is 15.0. The summed E-state index contributed by atoms with van der Waals surface area (Å²) in [6.45, 7) is 3.83. The fraction of sp³-hybridized carbons (Fsp3) is 0.765. The van der Waals surface area contributed by atoms with Crippen molar-refractivity contribution in [3.05, 3.63) is 18.2 Å². The van der Waals surface area contributed by atoms with Crippen LogP contribution < -0.4 is 10.6 Å². The van der Waals surface area contributed by atoms with E-state index in [-0.39, 0.29) is 18.0 Å². The Hall–Kier alpha value is -1.61. The third-order valence-electron chi connectivity index (χ3n) is 5.51. The average molecular weight is 373 g/mol. The largest absolute Gasteiger partial charge is 0.405 e. The number of alkyl halides is 3. The maximum atomic E-state index is 12.4. The molecule has 1 amide bonds. The van der Waals surface area contributed by atoms with E-state index in [1.165, 1.54) is 0 Å². The third kappa shape index (κ3) is 4.56. The molecular formula is C17H26F3N5O. The van der Waals surface area contributed by atoms with Crippen LogP contribution in [-0.4, -0.2) is 58.8 Å². The second kappa shape index (κ2) is 7.56. The highest BCUT2D eigenvalue weighted by Gasteiger charge is 2.56. The zero-order chi connectivity index (χ0) is 18.8. The Kier molecular flexibility index (Phi) is 5.57. The first kappa shape index (κ1) is 19.2. The molecule has 0 aromatic carbocycles. The van der Waals surface area contributed by atoms with Gasteiger partial charge >= 0.3 is 6.18 Å². The maximum absolute atomic E-state index is 12.4. The van der Waals surface area contributed by atoms with Crippen LogP contribution in [0.1, 0.15) is 32.0 Å². The molecule has 1 atom stereocenters.